The molecule has 1 aromatic carbocycles. The summed E-state index contributed by atoms with van der Waals surface area (Å²) in [4.78, 5) is 0. The average Bonchev–Trinajstić information content (AvgIpc) is 2.49. The summed E-state index contributed by atoms with van der Waals surface area (Å²) in [6, 6.07) is 3.28. The fourth-order valence-electron chi connectivity index (χ4n) is 4.74. The van der Waals surface area contributed by atoms with Crippen LogP contribution in [0.3, 0.4) is 0 Å². The van der Waals surface area contributed by atoms with E-state index in [0.717, 1.165) is 24.3 Å². The second-order valence-corrected chi connectivity index (χ2v) is 9.07. The molecule has 0 spiro atoms. The molecule has 1 aromatic rings. The Kier molecular flexibility index (Phi) is 6.42. The van der Waals surface area contributed by atoms with Gasteiger partial charge >= 0.3 is 0 Å². The normalized spacial score (nSPS) is 25.5. The quantitative estimate of drug-likeness (QED) is 0.663. The third-order valence-electron chi connectivity index (χ3n) is 6.52. The third-order valence-corrected chi connectivity index (χ3v) is 6.52. The van der Waals surface area contributed by atoms with Crippen molar-refractivity contribution in [3.05, 3.63) is 23.3 Å². The molecular formula is C22H36O3. The summed E-state index contributed by atoms with van der Waals surface area (Å²) in [5, 5.41) is 30.7. The van der Waals surface area contributed by atoms with Crippen molar-refractivity contribution in [2.75, 3.05) is 0 Å². The van der Waals surface area contributed by atoms with E-state index in [0.29, 0.717) is 23.3 Å². The fourth-order valence-corrected chi connectivity index (χ4v) is 4.74. The maximum absolute atomic E-state index is 10.6. The Hall–Kier alpha value is -1.22. The molecular weight excluding hydrogens is 312 g/mol. The van der Waals surface area contributed by atoms with Gasteiger partial charge in [-0.15, -0.1) is 0 Å². The molecule has 2 rings (SSSR count). The molecule has 0 radical (unpaired) electrons. The maximum atomic E-state index is 10.6. The third kappa shape index (κ3) is 4.91. The van der Waals surface area contributed by atoms with Crippen LogP contribution in [0.2, 0.25) is 0 Å². The Morgan fingerprint density at radius 1 is 1.20 bits per heavy atom. The van der Waals surface area contributed by atoms with Crippen molar-refractivity contribution < 1.29 is 15.3 Å². The van der Waals surface area contributed by atoms with E-state index in [1.54, 1.807) is 12.1 Å². The zero-order valence-corrected chi connectivity index (χ0v) is 16.5. The first-order chi connectivity index (χ1) is 11.6. The molecule has 0 amide bonds. The second-order valence-electron chi connectivity index (χ2n) is 9.07. The summed E-state index contributed by atoms with van der Waals surface area (Å²) in [5.74, 6) is 1.75. The predicted octanol–water partition coefficient (Wildman–Crippen LogP) is 5.19. The summed E-state index contributed by atoms with van der Waals surface area (Å²) >= 11 is 0. The van der Waals surface area contributed by atoms with Crippen molar-refractivity contribution in [2.45, 2.75) is 79.2 Å². The standard InChI is InChI=1S/C22H36O3/c1-14-11-20(24)17(21(25)12-14)13-19(23)16(3)8-9-18-15(2)7-6-10-22(18,4)5/h11-12,15-16,18-19,23-25H,6-10,13H2,1-5H3. The molecule has 4 atom stereocenters. The van der Waals surface area contributed by atoms with Crippen LogP contribution >= 0.6 is 0 Å². The second kappa shape index (κ2) is 7.99. The Bertz CT molecular complexity index is 556. The first-order valence-corrected chi connectivity index (χ1v) is 9.81. The first-order valence-electron chi connectivity index (χ1n) is 9.81. The highest BCUT2D eigenvalue weighted by molar-refractivity contribution is 5.46. The zero-order valence-electron chi connectivity index (χ0n) is 16.5. The Labute approximate surface area is 153 Å². The molecule has 0 aliphatic heterocycles. The van der Waals surface area contributed by atoms with Gasteiger partial charge in [0.05, 0.1) is 6.10 Å². The minimum absolute atomic E-state index is 0.0748. The van der Waals surface area contributed by atoms with Crippen LogP contribution in [0.4, 0.5) is 0 Å². The molecule has 1 aliphatic rings. The van der Waals surface area contributed by atoms with E-state index in [-0.39, 0.29) is 17.4 Å². The highest BCUT2D eigenvalue weighted by Gasteiger charge is 2.36. The molecule has 0 saturated heterocycles. The van der Waals surface area contributed by atoms with Gasteiger partial charge in [-0.1, -0.05) is 40.5 Å². The molecule has 3 nitrogen and oxygen atoms in total. The van der Waals surface area contributed by atoms with E-state index in [9.17, 15) is 15.3 Å². The van der Waals surface area contributed by atoms with Crippen molar-refractivity contribution in [2.24, 2.45) is 23.2 Å². The fraction of sp³-hybridized carbons (Fsp3) is 0.727. The summed E-state index contributed by atoms with van der Waals surface area (Å²) in [6.45, 7) is 11.0. The van der Waals surface area contributed by atoms with Crippen LogP contribution < -0.4 is 0 Å². The number of rotatable bonds is 6. The average molecular weight is 349 g/mol. The van der Waals surface area contributed by atoms with Gasteiger partial charge in [-0.3, -0.25) is 0 Å². The number of aryl methyl sites for hydroxylation is 1. The van der Waals surface area contributed by atoms with Gasteiger partial charge in [-0.2, -0.15) is 0 Å². The van der Waals surface area contributed by atoms with Gasteiger partial charge in [0.1, 0.15) is 11.5 Å². The SMILES string of the molecule is Cc1cc(O)c(CC(O)C(C)CCC2C(C)CCCC2(C)C)c(O)c1. The molecule has 1 fully saturated rings. The lowest BCUT2D eigenvalue weighted by atomic mass is 9.62. The summed E-state index contributed by atoms with van der Waals surface area (Å²) in [7, 11) is 0. The van der Waals surface area contributed by atoms with Crippen LogP contribution in [0.1, 0.15) is 70.9 Å². The Morgan fingerprint density at radius 3 is 2.36 bits per heavy atom. The van der Waals surface area contributed by atoms with E-state index in [4.69, 9.17) is 0 Å². The van der Waals surface area contributed by atoms with E-state index in [2.05, 4.69) is 27.7 Å². The number of aromatic hydroxyl groups is 2. The van der Waals surface area contributed by atoms with Gasteiger partial charge in [0.25, 0.3) is 0 Å². The number of phenolic OH excluding ortho intramolecular Hbond substituents is 2. The molecule has 142 valence electrons. The molecule has 0 aromatic heterocycles. The van der Waals surface area contributed by atoms with Crippen molar-refractivity contribution in [1.82, 2.24) is 0 Å². The minimum Gasteiger partial charge on any atom is -0.508 e. The summed E-state index contributed by atoms with van der Waals surface area (Å²) in [5.41, 5.74) is 1.65. The van der Waals surface area contributed by atoms with E-state index < -0.39 is 6.10 Å². The van der Waals surface area contributed by atoms with E-state index in [1.807, 2.05) is 6.92 Å². The molecule has 1 aliphatic carbocycles. The van der Waals surface area contributed by atoms with Gasteiger partial charge in [0.15, 0.2) is 0 Å². The molecule has 4 unspecified atom stereocenters. The smallest absolute Gasteiger partial charge is 0.122 e. The lowest BCUT2D eigenvalue weighted by molar-refractivity contribution is 0.0552. The summed E-state index contributed by atoms with van der Waals surface area (Å²) < 4.78 is 0. The number of phenols is 2. The monoisotopic (exact) mass is 348 g/mol. The number of aliphatic hydroxyl groups is 1. The van der Waals surface area contributed by atoms with E-state index in [1.165, 1.54) is 19.3 Å². The van der Waals surface area contributed by atoms with Crippen molar-refractivity contribution >= 4 is 0 Å². The number of hydrogen-bond acceptors (Lipinski definition) is 3. The van der Waals surface area contributed by atoms with Crippen LogP contribution in [0, 0.1) is 30.1 Å². The first kappa shape index (κ1) is 20.1. The van der Waals surface area contributed by atoms with Crippen LogP contribution in [-0.2, 0) is 6.42 Å². The van der Waals surface area contributed by atoms with E-state index >= 15 is 0 Å². The van der Waals surface area contributed by atoms with Crippen LogP contribution in [0.5, 0.6) is 11.5 Å². The van der Waals surface area contributed by atoms with Crippen LogP contribution in [0.25, 0.3) is 0 Å². The lowest BCUT2D eigenvalue weighted by Gasteiger charge is -2.43. The van der Waals surface area contributed by atoms with Crippen LogP contribution in [-0.4, -0.2) is 21.4 Å². The maximum Gasteiger partial charge on any atom is 0.122 e. The molecule has 25 heavy (non-hydrogen) atoms. The lowest BCUT2D eigenvalue weighted by Crippen LogP contribution is -2.34. The number of benzene rings is 1. The van der Waals surface area contributed by atoms with Gasteiger partial charge in [0.2, 0.25) is 0 Å². The number of hydrogen-bond donors (Lipinski definition) is 3. The topological polar surface area (TPSA) is 60.7 Å². The largest absolute Gasteiger partial charge is 0.508 e. The van der Waals surface area contributed by atoms with Gasteiger partial charge in [0, 0.05) is 12.0 Å². The highest BCUT2D eigenvalue weighted by atomic mass is 16.3. The zero-order chi connectivity index (χ0) is 18.8. The molecule has 0 heterocycles. The Balaban J connectivity index is 1.95. The number of aliphatic hydroxyl groups excluding tert-OH is 1. The predicted molar refractivity (Wildman–Crippen MR) is 103 cm³/mol. The van der Waals surface area contributed by atoms with Gasteiger partial charge in [-0.25, -0.2) is 0 Å². The van der Waals surface area contributed by atoms with Crippen LogP contribution in [0.15, 0.2) is 12.1 Å². The van der Waals surface area contributed by atoms with Gasteiger partial charge < -0.3 is 15.3 Å². The molecule has 1 saturated carbocycles. The molecule has 3 N–H and O–H groups in total. The highest BCUT2D eigenvalue weighted by Crippen LogP contribution is 2.46. The van der Waals surface area contributed by atoms with Gasteiger partial charge in [-0.05, 0) is 67.1 Å². The minimum atomic E-state index is -0.554. The molecule has 0 bridgehead atoms. The van der Waals surface area contributed by atoms with Crippen molar-refractivity contribution in [1.29, 1.82) is 0 Å². The Morgan fingerprint density at radius 2 is 1.80 bits per heavy atom. The van der Waals surface area contributed by atoms with Crippen molar-refractivity contribution in [3.63, 3.8) is 0 Å². The molecule has 3 heteroatoms. The van der Waals surface area contributed by atoms with Crippen molar-refractivity contribution in [3.8, 4) is 11.5 Å². The summed E-state index contributed by atoms with van der Waals surface area (Å²) in [6.07, 6.45) is 5.80.